The summed E-state index contributed by atoms with van der Waals surface area (Å²) in [6, 6.07) is 0. The molecule has 144 valence electrons. The van der Waals surface area contributed by atoms with E-state index in [2.05, 4.69) is 85.4 Å². The van der Waals surface area contributed by atoms with E-state index >= 15 is 0 Å². The zero-order valence-corrected chi connectivity index (χ0v) is 17.5. The lowest BCUT2D eigenvalue weighted by Gasteiger charge is -2.29. The number of hydrogen-bond donors (Lipinski definition) is 0. The van der Waals surface area contributed by atoms with Crippen molar-refractivity contribution in [3.63, 3.8) is 0 Å². The molecule has 1 aliphatic heterocycles. The first-order valence-corrected chi connectivity index (χ1v) is 10.3. The number of nitrogens with zero attached hydrogens (tertiary/aromatic N) is 4. The van der Waals surface area contributed by atoms with Crippen molar-refractivity contribution in [2.45, 2.75) is 85.9 Å². The normalized spacial score (nSPS) is 14.2. The molecule has 0 spiro atoms. The molecule has 4 nitrogen and oxygen atoms in total. The van der Waals surface area contributed by atoms with E-state index in [-0.39, 0.29) is 0 Å². The van der Waals surface area contributed by atoms with Gasteiger partial charge >= 0.3 is 0 Å². The summed E-state index contributed by atoms with van der Waals surface area (Å²) in [5.74, 6) is 1.33. The molecular weight excluding hydrogens is 308 g/mol. The SMILES string of the molecule is CCCCN1C=CN(CCCC)C1C.CCCCn1cc[n+](C)c1C. The smallest absolute Gasteiger partial charge is 0.253 e. The molecule has 2 rings (SSSR count). The van der Waals surface area contributed by atoms with Crippen LogP contribution in [-0.2, 0) is 13.6 Å². The average Bonchev–Trinajstić information content (AvgIpc) is 3.13. The molecule has 1 aromatic rings. The molecule has 0 N–H and O–H groups in total. The lowest BCUT2D eigenvalue weighted by Crippen LogP contribution is -2.36. The molecule has 1 aliphatic rings. The van der Waals surface area contributed by atoms with Crippen molar-refractivity contribution in [3.8, 4) is 0 Å². The van der Waals surface area contributed by atoms with Gasteiger partial charge in [-0.15, -0.1) is 0 Å². The van der Waals surface area contributed by atoms with E-state index in [1.807, 2.05) is 0 Å². The molecule has 0 saturated heterocycles. The van der Waals surface area contributed by atoms with Crippen molar-refractivity contribution >= 4 is 0 Å². The van der Waals surface area contributed by atoms with Gasteiger partial charge < -0.3 is 9.80 Å². The van der Waals surface area contributed by atoms with Gasteiger partial charge in [-0.1, -0.05) is 40.0 Å². The van der Waals surface area contributed by atoms with Gasteiger partial charge in [-0.2, -0.15) is 0 Å². The van der Waals surface area contributed by atoms with Crippen LogP contribution in [0.15, 0.2) is 24.8 Å². The maximum Gasteiger partial charge on any atom is 0.253 e. The zero-order chi connectivity index (χ0) is 18.7. The molecule has 0 saturated carbocycles. The van der Waals surface area contributed by atoms with Crippen LogP contribution < -0.4 is 4.57 Å². The molecule has 0 unspecified atom stereocenters. The van der Waals surface area contributed by atoms with Crippen molar-refractivity contribution in [2.24, 2.45) is 7.05 Å². The van der Waals surface area contributed by atoms with Crippen LogP contribution in [0.3, 0.4) is 0 Å². The maximum absolute atomic E-state index is 2.44. The van der Waals surface area contributed by atoms with Gasteiger partial charge in [0.2, 0.25) is 0 Å². The van der Waals surface area contributed by atoms with Crippen LogP contribution in [0.4, 0.5) is 0 Å². The average molecular weight is 350 g/mol. The Hall–Kier alpha value is -1.45. The zero-order valence-electron chi connectivity index (χ0n) is 17.5. The van der Waals surface area contributed by atoms with Gasteiger partial charge in [0.1, 0.15) is 12.4 Å². The van der Waals surface area contributed by atoms with E-state index in [0.29, 0.717) is 6.17 Å². The lowest BCUT2D eigenvalue weighted by atomic mass is 10.3. The Kier molecular flexibility index (Phi) is 10.4. The Morgan fingerprint density at radius 2 is 1.36 bits per heavy atom. The van der Waals surface area contributed by atoms with Crippen LogP contribution in [0, 0.1) is 6.92 Å². The minimum Gasteiger partial charge on any atom is -0.356 e. The number of imidazole rings is 1. The van der Waals surface area contributed by atoms with E-state index in [1.54, 1.807) is 0 Å². The fourth-order valence-electron chi connectivity index (χ4n) is 2.98. The summed E-state index contributed by atoms with van der Waals surface area (Å²) in [7, 11) is 2.08. The summed E-state index contributed by atoms with van der Waals surface area (Å²) in [6.45, 7) is 14.7. The standard InChI is InChI=1S/C12H24N2.C9H17N2/c1-4-6-8-13-10-11-14(12(13)3)9-7-5-2;1-4-5-6-11-8-7-10(3)9(11)2/h10-12H,4-9H2,1-3H3;7-8H,4-6H2,1-3H3/q;+1. The highest BCUT2D eigenvalue weighted by molar-refractivity contribution is 4.95. The number of aromatic nitrogens is 2. The molecular formula is C21H41N4+. The van der Waals surface area contributed by atoms with E-state index in [9.17, 15) is 0 Å². The van der Waals surface area contributed by atoms with Gasteiger partial charge in [0.25, 0.3) is 5.82 Å². The minimum absolute atomic E-state index is 0.577. The fraction of sp³-hybridized carbons (Fsp3) is 0.762. The van der Waals surface area contributed by atoms with Crippen molar-refractivity contribution in [2.75, 3.05) is 13.1 Å². The summed E-state index contributed by atoms with van der Waals surface area (Å²) in [6.07, 6.45) is 17.0. The van der Waals surface area contributed by atoms with Crippen LogP contribution in [0.2, 0.25) is 0 Å². The van der Waals surface area contributed by atoms with Gasteiger partial charge in [0, 0.05) is 32.4 Å². The molecule has 0 fully saturated rings. The van der Waals surface area contributed by atoms with Crippen molar-refractivity contribution in [1.82, 2.24) is 14.4 Å². The molecule has 0 radical (unpaired) electrons. The molecule has 4 heteroatoms. The fourth-order valence-corrected chi connectivity index (χ4v) is 2.98. The second kappa shape index (κ2) is 12.0. The molecule has 1 aromatic heterocycles. The van der Waals surface area contributed by atoms with E-state index < -0.39 is 0 Å². The number of unbranched alkanes of at least 4 members (excludes halogenated alkanes) is 3. The maximum atomic E-state index is 2.44. The van der Waals surface area contributed by atoms with Crippen LogP contribution in [0.5, 0.6) is 0 Å². The summed E-state index contributed by atoms with van der Waals surface area (Å²) < 4.78 is 4.44. The van der Waals surface area contributed by atoms with Crippen LogP contribution in [0.25, 0.3) is 0 Å². The Labute approximate surface area is 156 Å². The Morgan fingerprint density at radius 3 is 1.76 bits per heavy atom. The van der Waals surface area contributed by atoms with Gasteiger partial charge in [0.05, 0.1) is 19.8 Å². The highest BCUT2D eigenvalue weighted by Gasteiger charge is 2.19. The third-order valence-electron chi connectivity index (χ3n) is 5.10. The van der Waals surface area contributed by atoms with Gasteiger partial charge in [-0.3, -0.25) is 0 Å². The third-order valence-corrected chi connectivity index (χ3v) is 5.10. The van der Waals surface area contributed by atoms with Crippen molar-refractivity contribution in [3.05, 3.63) is 30.6 Å². The topological polar surface area (TPSA) is 15.3 Å². The van der Waals surface area contributed by atoms with Gasteiger partial charge in [0.15, 0.2) is 0 Å². The second-order valence-electron chi connectivity index (χ2n) is 7.12. The molecule has 0 aromatic carbocycles. The molecule has 0 bridgehead atoms. The van der Waals surface area contributed by atoms with Crippen LogP contribution in [0.1, 0.15) is 72.0 Å². The first-order chi connectivity index (χ1) is 12.0. The minimum atomic E-state index is 0.577. The van der Waals surface area contributed by atoms with Gasteiger partial charge in [-0.25, -0.2) is 9.13 Å². The highest BCUT2D eigenvalue weighted by atomic mass is 15.4. The number of rotatable bonds is 9. The lowest BCUT2D eigenvalue weighted by molar-refractivity contribution is -0.677. The Bertz CT molecular complexity index is 474. The first-order valence-electron chi connectivity index (χ1n) is 10.3. The second-order valence-corrected chi connectivity index (χ2v) is 7.12. The van der Waals surface area contributed by atoms with Crippen LogP contribution >= 0.6 is 0 Å². The molecule has 0 aliphatic carbocycles. The summed E-state index contributed by atoms with van der Waals surface area (Å²) in [4.78, 5) is 4.89. The number of aryl methyl sites for hydroxylation is 2. The molecule has 2 heterocycles. The Balaban J connectivity index is 0.000000257. The summed E-state index contributed by atoms with van der Waals surface area (Å²) >= 11 is 0. The summed E-state index contributed by atoms with van der Waals surface area (Å²) in [5, 5.41) is 0. The quantitative estimate of drug-likeness (QED) is 0.612. The third kappa shape index (κ3) is 7.13. The molecule has 0 atom stereocenters. The van der Waals surface area contributed by atoms with Crippen molar-refractivity contribution < 1.29 is 4.57 Å². The van der Waals surface area contributed by atoms with E-state index in [4.69, 9.17) is 0 Å². The predicted octanol–water partition coefficient (Wildman–Crippen LogP) is 4.44. The molecule has 0 amide bonds. The first kappa shape index (κ1) is 21.6. The largest absolute Gasteiger partial charge is 0.356 e. The van der Waals surface area contributed by atoms with E-state index in [0.717, 1.165) is 6.54 Å². The highest BCUT2D eigenvalue weighted by Crippen LogP contribution is 2.16. The Morgan fingerprint density at radius 1 is 0.880 bits per heavy atom. The van der Waals surface area contributed by atoms with Crippen molar-refractivity contribution in [1.29, 1.82) is 0 Å². The number of hydrogen-bond acceptors (Lipinski definition) is 2. The predicted molar refractivity (Wildman–Crippen MR) is 107 cm³/mol. The molecule has 25 heavy (non-hydrogen) atoms. The van der Waals surface area contributed by atoms with Gasteiger partial charge in [-0.05, 0) is 26.2 Å². The monoisotopic (exact) mass is 349 g/mol. The summed E-state index contributed by atoms with van der Waals surface area (Å²) in [5.41, 5.74) is 0. The van der Waals surface area contributed by atoms with Crippen LogP contribution in [-0.4, -0.2) is 33.6 Å². The van der Waals surface area contributed by atoms with E-state index in [1.165, 1.54) is 57.4 Å².